The van der Waals surface area contributed by atoms with Crippen LogP contribution in [0.4, 0.5) is 5.69 Å². The summed E-state index contributed by atoms with van der Waals surface area (Å²) in [6, 6.07) is 8.46. The van der Waals surface area contributed by atoms with Crippen LogP contribution in [0.1, 0.15) is 40.7 Å². The molecule has 1 N–H and O–H groups in total. The zero-order valence-electron chi connectivity index (χ0n) is 15.7. The van der Waals surface area contributed by atoms with Gasteiger partial charge in [0.05, 0.1) is 11.3 Å². The molecule has 3 rings (SSSR count). The first-order valence-electron chi connectivity index (χ1n) is 9.12. The Morgan fingerprint density at radius 1 is 1.23 bits per heavy atom. The number of nitrogens with one attached hydrogen (secondary N) is 1. The van der Waals surface area contributed by atoms with Gasteiger partial charge in [-0.25, -0.2) is 0 Å². The molecule has 0 unspecified atom stereocenters. The maximum atomic E-state index is 12.3. The fraction of sp³-hybridized carbons (Fsp3) is 0.450. The van der Waals surface area contributed by atoms with Gasteiger partial charge in [-0.2, -0.15) is 5.10 Å². The van der Waals surface area contributed by atoms with Crippen molar-refractivity contribution in [1.82, 2.24) is 15.1 Å². The number of aromatic nitrogens is 2. The molecule has 1 aliphatic rings. The standard InChI is InChI=1S/C20H26N4O2/c1-14-20(16(3)25)15(2)24(22-14)13-19(26)21-10-12-23-11-6-8-17-7-4-5-9-18(17)23/h4-5,7,9H,6,8,10-13H2,1-3H3,(H,21,26). The number of nitrogens with zero attached hydrogens (tertiary/aromatic N) is 3. The van der Waals surface area contributed by atoms with E-state index in [4.69, 9.17) is 0 Å². The monoisotopic (exact) mass is 354 g/mol. The van der Waals surface area contributed by atoms with Gasteiger partial charge in [0, 0.05) is 31.0 Å². The van der Waals surface area contributed by atoms with Gasteiger partial charge in [0.2, 0.25) is 5.91 Å². The minimum Gasteiger partial charge on any atom is -0.370 e. The molecule has 1 aromatic heterocycles. The van der Waals surface area contributed by atoms with Gasteiger partial charge in [-0.05, 0) is 45.2 Å². The molecule has 1 amide bonds. The Balaban J connectivity index is 1.54. The highest BCUT2D eigenvalue weighted by Crippen LogP contribution is 2.25. The van der Waals surface area contributed by atoms with E-state index >= 15 is 0 Å². The van der Waals surface area contributed by atoms with E-state index < -0.39 is 0 Å². The molecule has 0 atom stereocenters. The zero-order valence-corrected chi connectivity index (χ0v) is 15.7. The number of fused-ring (bicyclic) bond motifs is 1. The van der Waals surface area contributed by atoms with E-state index in [-0.39, 0.29) is 18.2 Å². The van der Waals surface area contributed by atoms with Crippen LogP contribution in [0.5, 0.6) is 0 Å². The summed E-state index contributed by atoms with van der Waals surface area (Å²) in [6.45, 7) is 7.69. The number of carbonyl (C=O) groups excluding carboxylic acids is 2. The molecule has 2 aromatic rings. The first-order chi connectivity index (χ1) is 12.5. The second-order valence-corrected chi connectivity index (χ2v) is 6.83. The zero-order chi connectivity index (χ0) is 18.7. The van der Waals surface area contributed by atoms with Crippen LogP contribution in [0.3, 0.4) is 0 Å². The minimum atomic E-state index is -0.0870. The largest absolute Gasteiger partial charge is 0.370 e. The van der Waals surface area contributed by atoms with Crippen LogP contribution in [-0.2, 0) is 17.8 Å². The lowest BCUT2D eigenvalue weighted by Crippen LogP contribution is -2.38. The molecule has 2 heterocycles. The number of rotatable bonds is 6. The highest BCUT2D eigenvalue weighted by molar-refractivity contribution is 5.96. The topological polar surface area (TPSA) is 67.2 Å². The van der Waals surface area contributed by atoms with Crippen LogP contribution in [0.15, 0.2) is 24.3 Å². The van der Waals surface area contributed by atoms with Crippen LogP contribution >= 0.6 is 0 Å². The number of amides is 1. The molecular weight excluding hydrogens is 328 g/mol. The smallest absolute Gasteiger partial charge is 0.241 e. The lowest BCUT2D eigenvalue weighted by molar-refractivity contribution is -0.121. The van der Waals surface area contributed by atoms with Gasteiger partial charge in [0.15, 0.2) is 5.78 Å². The predicted molar refractivity (Wildman–Crippen MR) is 102 cm³/mol. The van der Waals surface area contributed by atoms with E-state index in [1.165, 1.54) is 18.2 Å². The van der Waals surface area contributed by atoms with Crippen molar-refractivity contribution in [2.45, 2.75) is 40.2 Å². The molecule has 1 aromatic carbocycles. The van der Waals surface area contributed by atoms with Crippen molar-refractivity contribution in [3.8, 4) is 0 Å². The number of ketones is 1. The van der Waals surface area contributed by atoms with E-state index in [1.807, 2.05) is 6.92 Å². The normalized spacial score (nSPS) is 13.4. The van der Waals surface area contributed by atoms with Crippen molar-refractivity contribution < 1.29 is 9.59 Å². The van der Waals surface area contributed by atoms with Crippen molar-refractivity contribution in [3.63, 3.8) is 0 Å². The summed E-state index contributed by atoms with van der Waals surface area (Å²) in [4.78, 5) is 26.3. The Morgan fingerprint density at radius 3 is 2.73 bits per heavy atom. The number of aryl methyl sites for hydroxylation is 2. The number of benzene rings is 1. The lowest BCUT2D eigenvalue weighted by Gasteiger charge is -2.31. The summed E-state index contributed by atoms with van der Waals surface area (Å²) < 4.78 is 1.61. The molecule has 1 aliphatic heterocycles. The van der Waals surface area contributed by atoms with Crippen LogP contribution in [-0.4, -0.2) is 41.1 Å². The van der Waals surface area contributed by atoms with Crippen LogP contribution in [0.25, 0.3) is 0 Å². The van der Waals surface area contributed by atoms with Crippen LogP contribution in [0.2, 0.25) is 0 Å². The fourth-order valence-electron chi connectivity index (χ4n) is 3.73. The molecule has 0 radical (unpaired) electrons. The second kappa shape index (κ2) is 7.72. The van der Waals surface area contributed by atoms with Crippen LogP contribution in [0, 0.1) is 13.8 Å². The number of para-hydroxylation sites is 1. The van der Waals surface area contributed by atoms with E-state index in [9.17, 15) is 9.59 Å². The molecule has 0 saturated heterocycles. The second-order valence-electron chi connectivity index (χ2n) is 6.83. The van der Waals surface area contributed by atoms with E-state index in [2.05, 4.69) is 39.6 Å². The van der Waals surface area contributed by atoms with Crippen molar-refractivity contribution in [2.75, 3.05) is 24.5 Å². The third kappa shape index (κ3) is 3.79. The summed E-state index contributed by atoms with van der Waals surface area (Å²) in [6.07, 6.45) is 2.26. The SMILES string of the molecule is CC(=O)c1c(C)nn(CC(=O)NCCN2CCCc3ccccc32)c1C. The fourth-order valence-corrected chi connectivity index (χ4v) is 3.73. The van der Waals surface area contributed by atoms with Gasteiger partial charge in [-0.15, -0.1) is 0 Å². The Labute approximate surface area is 154 Å². The summed E-state index contributed by atoms with van der Waals surface area (Å²) >= 11 is 0. The average Bonchev–Trinajstić information content (AvgIpc) is 2.88. The number of anilines is 1. The van der Waals surface area contributed by atoms with Gasteiger partial charge in [0.1, 0.15) is 6.54 Å². The van der Waals surface area contributed by atoms with Gasteiger partial charge in [-0.3, -0.25) is 14.3 Å². The summed E-state index contributed by atoms with van der Waals surface area (Å²) in [5.41, 5.74) is 4.69. The Bertz CT molecular complexity index is 825. The first-order valence-corrected chi connectivity index (χ1v) is 9.12. The Hall–Kier alpha value is -2.63. The molecule has 0 saturated carbocycles. The molecule has 138 valence electrons. The molecule has 0 spiro atoms. The maximum Gasteiger partial charge on any atom is 0.241 e. The van der Waals surface area contributed by atoms with Crippen molar-refractivity contribution >= 4 is 17.4 Å². The van der Waals surface area contributed by atoms with Crippen LogP contribution < -0.4 is 10.2 Å². The molecule has 0 fully saturated rings. The average molecular weight is 354 g/mol. The van der Waals surface area contributed by atoms with Gasteiger partial charge < -0.3 is 10.2 Å². The third-order valence-corrected chi connectivity index (χ3v) is 4.94. The van der Waals surface area contributed by atoms with E-state index in [1.54, 1.807) is 11.6 Å². The summed E-state index contributed by atoms with van der Waals surface area (Å²) in [5, 5.41) is 7.29. The lowest BCUT2D eigenvalue weighted by atomic mass is 10.0. The highest BCUT2D eigenvalue weighted by Gasteiger charge is 2.18. The summed E-state index contributed by atoms with van der Waals surface area (Å²) in [5.74, 6) is -0.105. The maximum absolute atomic E-state index is 12.3. The molecular formula is C20H26N4O2. The van der Waals surface area contributed by atoms with E-state index in [0.717, 1.165) is 31.6 Å². The number of hydrogen-bond donors (Lipinski definition) is 1. The third-order valence-electron chi connectivity index (χ3n) is 4.94. The number of Topliss-reactive ketones (excluding diaryl/α,β-unsaturated/α-hetero) is 1. The van der Waals surface area contributed by atoms with Gasteiger partial charge in [-0.1, -0.05) is 18.2 Å². The minimum absolute atomic E-state index is 0.0181. The van der Waals surface area contributed by atoms with Gasteiger partial charge >= 0.3 is 0 Å². The molecule has 0 bridgehead atoms. The number of carbonyl (C=O) groups is 2. The van der Waals surface area contributed by atoms with Crippen molar-refractivity contribution in [1.29, 1.82) is 0 Å². The van der Waals surface area contributed by atoms with Crippen molar-refractivity contribution in [2.24, 2.45) is 0 Å². The molecule has 6 heteroatoms. The summed E-state index contributed by atoms with van der Waals surface area (Å²) in [7, 11) is 0. The van der Waals surface area contributed by atoms with Crippen molar-refractivity contribution in [3.05, 3.63) is 46.8 Å². The highest BCUT2D eigenvalue weighted by atomic mass is 16.2. The first kappa shape index (κ1) is 18.2. The molecule has 6 nitrogen and oxygen atoms in total. The van der Waals surface area contributed by atoms with Gasteiger partial charge in [0.25, 0.3) is 0 Å². The number of hydrogen-bond acceptors (Lipinski definition) is 4. The van der Waals surface area contributed by atoms with E-state index in [0.29, 0.717) is 17.8 Å². The molecule has 26 heavy (non-hydrogen) atoms. The Morgan fingerprint density at radius 2 is 2.00 bits per heavy atom. The predicted octanol–water partition coefficient (Wildman–Crippen LogP) is 2.27. The quantitative estimate of drug-likeness (QED) is 0.808. The Kier molecular flexibility index (Phi) is 5.40. The molecule has 0 aliphatic carbocycles.